The number of halogens is 1. The lowest BCUT2D eigenvalue weighted by molar-refractivity contribution is -0.115. The predicted molar refractivity (Wildman–Crippen MR) is 113 cm³/mol. The van der Waals surface area contributed by atoms with Gasteiger partial charge in [-0.25, -0.2) is 9.59 Å². The van der Waals surface area contributed by atoms with Crippen LogP contribution in [0.3, 0.4) is 0 Å². The maximum Gasteiger partial charge on any atom is 0.341 e. The normalized spacial score (nSPS) is 9.58. The van der Waals surface area contributed by atoms with Crippen LogP contribution in [0.2, 0.25) is 5.02 Å². The molecule has 0 aliphatic rings. The van der Waals surface area contributed by atoms with Gasteiger partial charge < -0.3 is 30.3 Å². The van der Waals surface area contributed by atoms with Crippen LogP contribution in [0.1, 0.15) is 34.6 Å². The molecule has 0 unspecified atom stereocenters. The molecule has 0 aliphatic heterocycles. The first-order valence-corrected chi connectivity index (χ1v) is 8.95. The quantitative estimate of drug-likeness (QED) is 0.517. The number of phenolic OH excluding ortho intramolecular Hbond substituents is 2. The SMILES string of the molecule is COC(=O)c1cc(Cl)c(NC(C)=O)cc1O.COC(=O)c1ccc(NC(C)=O)cc1O. The van der Waals surface area contributed by atoms with Crippen LogP contribution in [0.15, 0.2) is 30.3 Å². The Hall–Kier alpha value is -3.79. The molecule has 0 bridgehead atoms. The van der Waals surface area contributed by atoms with Crippen molar-refractivity contribution in [1.29, 1.82) is 0 Å². The fourth-order valence-corrected chi connectivity index (χ4v) is 2.43. The lowest BCUT2D eigenvalue weighted by Gasteiger charge is -2.08. The van der Waals surface area contributed by atoms with E-state index < -0.39 is 11.9 Å². The minimum absolute atomic E-state index is 0.0541. The van der Waals surface area contributed by atoms with E-state index in [1.807, 2.05) is 0 Å². The number of aromatic hydroxyl groups is 2. The molecule has 4 N–H and O–H groups in total. The molecule has 2 aromatic carbocycles. The summed E-state index contributed by atoms with van der Waals surface area (Å²) in [7, 11) is 2.42. The summed E-state index contributed by atoms with van der Waals surface area (Å²) in [6.45, 7) is 2.66. The average molecular weight is 453 g/mol. The molecule has 11 heteroatoms. The number of benzene rings is 2. The minimum Gasteiger partial charge on any atom is -0.507 e. The summed E-state index contributed by atoms with van der Waals surface area (Å²) in [5.41, 5.74) is 0.667. The molecule has 0 saturated carbocycles. The number of amides is 2. The summed E-state index contributed by atoms with van der Waals surface area (Å²) >= 11 is 5.81. The maximum absolute atomic E-state index is 11.2. The molecule has 0 heterocycles. The molecule has 166 valence electrons. The molecule has 10 nitrogen and oxygen atoms in total. The van der Waals surface area contributed by atoms with Gasteiger partial charge in [0.25, 0.3) is 0 Å². The fourth-order valence-electron chi connectivity index (χ4n) is 2.22. The van der Waals surface area contributed by atoms with E-state index in [4.69, 9.17) is 11.6 Å². The van der Waals surface area contributed by atoms with Crippen LogP contribution in [0.5, 0.6) is 11.5 Å². The maximum atomic E-state index is 11.2. The van der Waals surface area contributed by atoms with E-state index >= 15 is 0 Å². The second-order valence-electron chi connectivity index (χ2n) is 5.93. The molecule has 31 heavy (non-hydrogen) atoms. The number of carbonyl (C=O) groups excluding carboxylic acids is 4. The second-order valence-corrected chi connectivity index (χ2v) is 6.33. The molecule has 2 amide bonds. The highest BCUT2D eigenvalue weighted by Gasteiger charge is 2.15. The van der Waals surface area contributed by atoms with Crippen molar-refractivity contribution in [2.24, 2.45) is 0 Å². The lowest BCUT2D eigenvalue weighted by Crippen LogP contribution is -2.08. The van der Waals surface area contributed by atoms with Crippen molar-refractivity contribution in [3.63, 3.8) is 0 Å². The number of phenols is 2. The van der Waals surface area contributed by atoms with Gasteiger partial charge in [-0.05, 0) is 18.2 Å². The van der Waals surface area contributed by atoms with Crippen LogP contribution in [0, 0.1) is 0 Å². The van der Waals surface area contributed by atoms with Crippen LogP contribution >= 0.6 is 11.6 Å². The highest BCUT2D eigenvalue weighted by Crippen LogP contribution is 2.30. The largest absolute Gasteiger partial charge is 0.507 e. The molecule has 0 radical (unpaired) electrons. The Labute approximate surface area is 182 Å². The second kappa shape index (κ2) is 11.4. The van der Waals surface area contributed by atoms with Gasteiger partial charge in [0.2, 0.25) is 11.8 Å². The van der Waals surface area contributed by atoms with Crippen molar-refractivity contribution in [3.05, 3.63) is 46.5 Å². The zero-order chi connectivity index (χ0) is 23.7. The number of methoxy groups -OCH3 is 2. The number of nitrogens with one attached hydrogen (secondary N) is 2. The standard InChI is InChI=1S/C10H10ClNO4.C10H11NO4/c1-5(13)12-8-4-9(14)6(3-7(8)11)10(15)16-2;1-6(12)11-7-3-4-8(9(13)5-7)10(14)15-2/h3-4,14H,1-2H3,(H,12,13);3-5,13H,1-2H3,(H,11,12). The Morgan fingerprint density at radius 2 is 1.32 bits per heavy atom. The van der Waals surface area contributed by atoms with Gasteiger partial charge >= 0.3 is 11.9 Å². The molecule has 0 saturated heterocycles. The van der Waals surface area contributed by atoms with Gasteiger partial charge in [0.05, 0.1) is 24.9 Å². The van der Waals surface area contributed by atoms with E-state index in [0.29, 0.717) is 5.69 Å². The molecule has 0 aromatic heterocycles. The molecular weight excluding hydrogens is 432 g/mol. The monoisotopic (exact) mass is 452 g/mol. The van der Waals surface area contributed by atoms with Crippen LogP contribution < -0.4 is 10.6 Å². The third-order valence-corrected chi connectivity index (χ3v) is 3.84. The van der Waals surface area contributed by atoms with E-state index in [-0.39, 0.29) is 45.2 Å². The number of hydrogen-bond donors (Lipinski definition) is 4. The van der Waals surface area contributed by atoms with Crippen LogP contribution in [-0.4, -0.2) is 48.2 Å². The fraction of sp³-hybridized carbons (Fsp3) is 0.200. The van der Waals surface area contributed by atoms with Crippen molar-refractivity contribution in [2.45, 2.75) is 13.8 Å². The first kappa shape index (κ1) is 25.2. The van der Waals surface area contributed by atoms with Gasteiger partial charge in [-0.15, -0.1) is 0 Å². The minimum atomic E-state index is -0.700. The topological polar surface area (TPSA) is 151 Å². The van der Waals surface area contributed by atoms with E-state index in [0.717, 1.165) is 0 Å². The van der Waals surface area contributed by atoms with Crippen molar-refractivity contribution in [2.75, 3.05) is 24.9 Å². The summed E-state index contributed by atoms with van der Waals surface area (Å²) in [6.07, 6.45) is 0. The zero-order valence-corrected chi connectivity index (χ0v) is 17.9. The van der Waals surface area contributed by atoms with Crippen molar-refractivity contribution < 1.29 is 38.9 Å². The van der Waals surface area contributed by atoms with Gasteiger partial charge in [0.1, 0.15) is 22.6 Å². The van der Waals surface area contributed by atoms with Crippen LogP contribution in [0.25, 0.3) is 0 Å². The zero-order valence-electron chi connectivity index (χ0n) is 17.1. The van der Waals surface area contributed by atoms with E-state index in [1.165, 1.54) is 58.4 Å². The Morgan fingerprint density at radius 3 is 1.81 bits per heavy atom. The first-order chi connectivity index (χ1) is 14.5. The number of esters is 2. The van der Waals surface area contributed by atoms with Gasteiger partial charge in [-0.3, -0.25) is 9.59 Å². The number of carbonyl (C=O) groups is 4. The highest BCUT2D eigenvalue weighted by molar-refractivity contribution is 6.34. The number of anilines is 2. The van der Waals surface area contributed by atoms with Crippen molar-refractivity contribution in [1.82, 2.24) is 0 Å². The average Bonchev–Trinajstić information content (AvgIpc) is 2.69. The van der Waals surface area contributed by atoms with Gasteiger partial charge in [-0.1, -0.05) is 11.6 Å². The Kier molecular flexibility index (Phi) is 9.29. The smallest absolute Gasteiger partial charge is 0.341 e. The van der Waals surface area contributed by atoms with Crippen LogP contribution in [-0.2, 0) is 19.1 Å². The third kappa shape index (κ3) is 7.52. The number of ether oxygens (including phenoxy) is 2. The molecule has 0 fully saturated rings. The van der Waals surface area contributed by atoms with E-state index in [2.05, 4.69) is 20.1 Å². The highest BCUT2D eigenvalue weighted by atomic mass is 35.5. The van der Waals surface area contributed by atoms with Crippen molar-refractivity contribution in [3.8, 4) is 11.5 Å². The molecule has 2 rings (SSSR count). The Bertz CT molecular complexity index is 1010. The molecular formula is C20H21ClN2O8. The number of hydrogen-bond acceptors (Lipinski definition) is 8. The lowest BCUT2D eigenvalue weighted by atomic mass is 10.2. The Balaban J connectivity index is 0.000000311. The summed E-state index contributed by atoms with van der Waals surface area (Å²) < 4.78 is 8.90. The van der Waals surface area contributed by atoms with Crippen molar-refractivity contribution >= 4 is 46.7 Å². The number of rotatable bonds is 4. The molecule has 0 spiro atoms. The van der Waals surface area contributed by atoms with E-state index in [1.54, 1.807) is 0 Å². The van der Waals surface area contributed by atoms with Gasteiger partial charge in [-0.2, -0.15) is 0 Å². The predicted octanol–water partition coefficient (Wildman–Crippen LogP) is 2.93. The molecule has 2 aromatic rings. The third-order valence-electron chi connectivity index (χ3n) is 3.52. The summed E-state index contributed by atoms with van der Waals surface area (Å²) in [5.74, 6) is -2.43. The van der Waals surface area contributed by atoms with Gasteiger partial charge in [0.15, 0.2) is 0 Å². The summed E-state index contributed by atoms with van der Waals surface area (Å²) in [5, 5.41) is 24.0. The molecule has 0 atom stereocenters. The molecule has 0 aliphatic carbocycles. The van der Waals surface area contributed by atoms with Crippen LogP contribution in [0.4, 0.5) is 11.4 Å². The summed E-state index contributed by atoms with van der Waals surface area (Å²) in [4.78, 5) is 43.8. The van der Waals surface area contributed by atoms with Gasteiger partial charge in [0, 0.05) is 31.7 Å². The Morgan fingerprint density at radius 1 is 0.806 bits per heavy atom. The first-order valence-electron chi connectivity index (χ1n) is 8.57. The van der Waals surface area contributed by atoms with E-state index in [9.17, 15) is 29.4 Å². The summed E-state index contributed by atoms with van der Waals surface area (Å²) in [6, 6.07) is 6.59.